The van der Waals surface area contributed by atoms with Gasteiger partial charge in [0, 0.05) is 23.8 Å². The van der Waals surface area contributed by atoms with Crippen LogP contribution >= 0.6 is 11.8 Å². The third-order valence-corrected chi connectivity index (χ3v) is 4.15. The molecule has 1 saturated heterocycles. The van der Waals surface area contributed by atoms with Crippen LogP contribution in [0.2, 0.25) is 0 Å². The second-order valence-corrected chi connectivity index (χ2v) is 5.59. The number of thioether (sulfide) groups is 1. The Morgan fingerprint density at radius 1 is 1.37 bits per heavy atom. The van der Waals surface area contributed by atoms with E-state index in [0.717, 1.165) is 31.3 Å². The first-order chi connectivity index (χ1) is 8.97. The number of ether oxygens (including phenoxy) is 1. The van der Waals surface area contributed by atoms with Crippen LogP contribution in [0, 0.1) is 0 Å². The molecule has 2 rings (SSSR count). The number of hydrogen-bond donors (Lipinski definition) is 1. The van der Waals surface area contributed by atoms with Gasteiger partial charge in [0.25, 0.3) is 0 Å². The van der Waals surface area contributed by atoms with Crippen LogP contribution in [-0.4, -0.2) is 18.5 Å². The fraction of sp³-hybridized carbons (Fsp3) is 0.538. The molecular formula is C13H16F3NOS. The number of nitrogen functional groups attached to an aromatic ring is 1. The van der Waals surface area contributed by atoms with Crippen molar-refractivity contribution in [2.45, 2.75) is 30.9 Å². The molecule has 1 aliphatic rings. The maximum absolute atomic E-state index is 12.9. The van der Waals surface area contributed by atoms with E-state index in [-0.39, 0.29) is 17.4 Å². The van der Waals surface area contributed by atoms with Gasteiger partial charge in [-0.3, -0.25) is 0 Å². The van der Waals surface area contributed by atoms with Gasteiger partial charge in [0.1, 0.15) is 0 Å². The average Bonchev–Trinajstić information content (AvgIpc) is 2.83. The highest BCUT2D eigenvalue weighted by Crippen LogP contribution is 2.35. The van der Waals surface area contributed by atoms with Crippen LogP contribution in [0.4, 0.5) is 18.9 Å². The third kappa shape index (κ3) is 4.04. The molecule has 0 bridgehead atoms. The van der Waals surface area contributed by atoms with Gasteiger partial charge in [-0.1, -0.05) is 6.07 Å². The van der Waals surface area contributed by atoms with E-state index in [1.54, 1.807) is 0 Å². The molecule has 106 valence electrons. The molecule has 1 unspecified atom stereocenters. The summed E-state index contributed by atoms with van der Waals surface area (Å²) in [5, 5.41) is 0. The van der Waals surface area contributed by atoms with Gasteiger partial charge in [0.05, 0.1) is 11.7 Å². The summed E-state index contributed by atoms with van der Waals surface area (Å²) in [6, 6.07) is 3.97. The maximum atomic E-state index is 12.9. The molecule has 1 atom stereocenters. The maximum Gasteiger partial charge on any atom is 0.416 e. The van der Waals surface area contributed by atoms with Gasteiger partial charge in [0.15, 0.2) is 0 Å². The molecule has 19 heavy (non-hydrogen) atoms. The summed E-state index contributed by atoms with van der Waals surface area (Å²) in [5.74, 6) is 1.07. The van der Waals surface area contributed by atoms with Gasteiger partial charge in [-0.2, -0.15) is 24.9 Å². The Hall–Kier alpha value is -0.880. The van der Waals surface area contributed by atoms with Crippen molar-refractivity contribution in [1.29, 1.82) is 0 Å². The Labute approximate surface area is 114 Å². The van der Waals surface area contributed by atoms with E-state index in [9.17, 15) is 13.2 Å². The Morgan fingerprint density at radius 3 is 2.79 bits per heavy atom. The molecule has 0 saturated carbocycles. The molecule has 0 amide bonds. The van der Waals surface area contributed by atoms with E-state index in [1.165, 1.54) is 23.9 Å². The Bertz CT molecular complexity index is 430. The highest BCUT2D eigenvalue weighted by Gasteiger charge is 2.33. The monoisotopic (exact) mass is 291 g/mol. The molecule has 6 heteroatoms. The molecule has 1 aromatic rings. The normalized spacial score (nSPS) is 19.8. The molecule has 0 aromatic heterocycles. The van der Waals surface area contributed by atoms with Gasteiger partial charge < -0.3 is 10.5 Å². The number of anilines is 1. The molecule has 1 heterocycles. The predicted molar refractivity (Wildman–Crippen MR) is 71.0 cm³/mol. The summed E-state index contributed by atoms with van der Waals surface area (Å²) in [6.07, 6.45) is -2.12. The molecule has 0 spiro atoms. The van der Waals surface area contributed by atoms with Crippen LogP contribution in [0.3, 0.4) is 0 Å². The van der Waals surface area contributed by atoms with E-state index in [4.69, 9.17) is 10.5 Å². The standard InChI is InChI=1S/C13H16F3NOS/c14-13(15,16)12-6-10(17)4-3-9(12)7-19-8-11-2-1-5-18-11/h3-4,6,11H,1-2,5,7-8,17H2. The molecule has 0 aliphatic carbocycles. The Morgan fingerprint density at radius 2 is 2.16 bits per heavy atom. The van der Waals surface area contributed by atoms with Gasteiger partial charge in [-0.05, 0) is 30.5 Å². The van der Waals surface area contributed by atoms with Crippen molar-refractivity contribution in [1.82, 2.24) is 0 Å². The summed E-state index contributed by atoms with van der Waals surface area (Å²) in [6.45, 7) is 0.765. The summed E-state index contributed by atoms with van der Waals surface area (Å²) in [4.78, 5) is 0. The fourth-order valence-corrected chi connectivity index (χ4v) is 3.18. The zero-order chi connectivity index (χ0) is 13.9. The lowest BCUT2D eigenvalue weighted by Crippen LogP contribution is -2.11. The van der Waals surface area contributed by atoms with Gasteiger partial charge in [0.2, 0.25) is 0 Å². The first-order valence-electron chi connectivity index (χ1n) is 6.12. The minimum Gasteiger partial charge on any atom is -0.399 e. The number of nitrogens with two attached hydrogens (primary N) is 1. The number of halogens is 3. The third-order valence-electron chi connectivity index (χ3n) is 3.02. The zero-order valence-electron chi connectivity index (χ0n) is 10.4. The van der Waals surface area contributed by atoms with Gasteiger partial charge in [-0.25, -0.2) is 0 Å². The van der Waals surface area contributed by atoms with Crippen LogP contribution in [0.15, 0.2) is 18.2 Å². The molecule has 0 radical (unpaired) electrons. The molecular weight excluding hydrogens is 275 g/mol. The zero-order valence-corrected chi connectivity index (χ0v) is 11.2. The Balaban J connectivity index is 1.98. The highest BCUT2D eigenvalue weighted by molar-refractivity contribution is 7.98. The van der Waals surface area contributed by atoms with E-state index < -0.39 is 11.7 Å². The van der Waals surface area contributed by atoms with E-state index >= 15 is 0 Å². The first-order valence-corrected chi connectivity index (χ1v) is 7.27. The average molecular weight is 291 g/mol. The minimum absolute atomic E-state index is 0.139. The van der Waals surface area contributed by atoms with Crippen molar-refractivity contribution in [2.24, 2.45) is 0 Å². The van der Waals surface area contributed by atoms with Crippen LogP contribution in [0.25, 0.3) is 0 Å². The fourth-order valence-electron chi connectivity index (χ4n) is 2.06. The Kier molecular flexibility index (Phi) is 4.62. The summed E-state index contributed by atoms with van der Waals surface area (Å²) in [5.41, 5.74) is 5.21. The van der Waals surface area contributed by atoms with E-state index in [1.807, 2.05) is 0 Å². The van der Waals surface area contributed by atoms with Crippen molar-refractivity contribution >= 4 is 17.4 Å². The van der Waals surface area contributed by atoms with Gasteiger partial charge >= 0.3 is 6.18 Å². The van der Waals surface area contributed by atoms with Crippen molar-refractivity contribution in [3.8, 4) is 0 Å². The lowest BCUT2D eigenvalue weighted by atomic mass is 10.1. The van der Waals surface area contributed by atoms with Crippen LogP contribution in [-0.2, 0) is 16.7 Å². The highest BCUT2D eigenvalue weighted by atomic mass is 32.2. The topological polar surface area (TPSA) is 35.2 Å². The second-order valence-electron chi connectivity index (χ2n) is 4.56. The predicted octanol–water partition coefficient (Wildman–Crippen LogP) is 3.70. The van der Waals surface area contributed by atoms with Gasteiger partial charge in [-0.15, -0.1) is 0 Å². The van der Waals surface area contributed by atoms with Crippen molar-refractivity contribution < 1.29 is 17.9 Å². The lowest BCUT2D eigenvalue weighted by molar-refractivity contribution is -0.138. The quantitative estimate of drug-likeness (QED) is 0.859. The largest absolute Gasteiger partial charge is 0.416 e. The number of rotatable bonds is 4. The van der Waals surface area contributed by atoms with Crippen molar-refractivity contribution in [3.63, 3.8) is 0 Å². The van der Waals surface area contributed by atoms with Crippen LogP contribution in [0.1, 0.15) is 24.0 Å². The second kappa shape index (κ2) is 6.05. The minimum atomic E-state index is -4.35. The van der Waals surface area contributed by atoms with Crippen LogP contribution < -0.4 is 5.73 Å². The summed E-state index contributed by atoms with van der Waals surface area (Å²) in [7, 11) is 0. The van der Waals surface area contributed by atoms with Crippen molar-refractivity contribution in [2.75, 3.05) is 18.1 Å². The number of hydrogen-bond acceptors (Lipinski definition) is 3. The molecule has 1 aromatic carbocycles. The summed E-state index contributed by atoms with van der Waals surface area (Å²) < 4.78 is 44.0. The molecule has 2 N–H and O–H groups in total. The SMILES string of the molecule is Nc1ccc(CSCC2CCCO2)c(C(F)(F)F)c1. The number of alkyl halides is 3. The van der Waals surface area contributed by atoms with E-state index in [2.05, 4.69) is 0 Å². The lowest BCUT2D eigenvalue weighted by Gasteiger charge is -2.14. The molecule has 1 fully saturated rings. The number of benzene rings is 1. The van der Waals surface area contributed by atoms with Crippen LogP contribution in [0.5, 0.6) is 0 Å². The van der Waals surface area contributed by atoms with E-state index in [0.29, 0.717) is 5.75 Å². The van der Waals surface area contributed by atoms with Crippen molar-refractivity contribution in [3.05, 3.63) is 29.3 Å². The smallest absolute Gasteiger partial charge is 0.399 e. The molecule has 2 nitrogen and oxygen atoms in total. The molecule has 1 aliphatic heterocycles. The first kappa shape index (κ1) is 14.5. The summed E-state index contributed by atoms with van der Waals surface area (Å²) >= 11 is 1.47.